The van der Waals surface area contributed by atoms with Crippen LogP contribution in [-0.4, -0.2) is 40.8 Å². The van der Waals surface area contributed by atoms with Crippen molar-refractivity contribution < 1.29 is 10.1 Å². The smallest absolute Gasteiger partial charge is 0.358 e. The van der Waals surface area contributed by atoms with Crippen LogP contribution in [-0.2, 0) is 0 Å². The van der Waals surface area contributed by atoms with Gasteiger partial charge < -0.3 is 20.2 Å². The number of hydrogen-bond donors (Lipinski definition) is 2. The highest BCUT2D eigenvalue weighted by Gasteiger charge is 2.21. The van der Waals surface area contributed by atoms with Gasteiger partial charge in [0.25, 0.3) is 0 Å². The summed E-state index contributed by atoms with van der Waals surface area (Å²) in [5, 5.41) is 27.5. The van der Waals surface area contributed by atoms with Crippen molar-refractivity contribution in [3.8, 4) is 0 Å². The molecule has 0 unspecified atom stereocenters. The molecule has 0 saturated carbocycles. The summed E-state index contributed by atoms with van der Waals surface area (Å²) < 4.78 is 0. The third-order valence-corrected chi connectivity index (χ3v) is 0.927. The van der Waals surface area contributed by atoms with Gasteiger partial charge >= 0.3 is 5.84 Å². The van der Waals surface area contributed by atoms with E-state index in [-0.39, 0.29) is 0 Å². The van der Waals surface area contributed by atoms with Gasteiger partial charge in [-0.1, -0.05) is 0 Å². The van der Waals surface area contributed by atoms with Gasteiger partial charge in [0.05, 0.1) is 0 Å². The first-order chi connectivity index (χ1) is 5.00. The number of nitrogens with zero attached hydrogens (tertiary/aromatic N) is 3. The van der Waals surface area contributed by atoms with Crippen molar-refractivity contribution in [2.75, 3.05) is 14.1 Å². The molecule has 0 bridgehead atoms. The molecular formula is C4H8N4O3. The number of nitro groups is 1. The zero-order valence-corrected chi connectivity index (χ0v) is 6.11. The van der Waals surface area contributed by atoms with Crippen LogP contribution in [0.5, 0.6) is 0 Å². The molecule has 0 rings (SSSR count). The summed E-state index contributed by atoms with van der Waals surface area (Å²) in [5.74, 6) is -1.31. The summed E-state index contributed by atoms with van der Waals surface area (Å²) in [7, 11) is 2.88. The molecule has 0 atom stereocenters. The molecule has 0 amide bonds. The second-order valence-electron chi connectivity index (χ2n) is 1.92. The van der Waals surface area contributed by atoms with Gasteiger partial charge in [-0.25, -0.2) is 0 Å². The summed E-state index contributed by atoms with van der Waals surface area (Å²) in [6, 6.07) is 0. The predicted octanol–water partition coefficient (Wildman–Crippen LogP) is -0.410. The average molecular weight is 160 g/mol. The van der Waals surface area contributed by atoms with E-state index in [2.05, 4.69) is 5.16 Å². The van der Waals surface area contributed by atoms with Crippen molar-refractivity contribution in [1.82, 2.24) is 4.90 Å². The minimum atomic E-state index is -0.928. The van der Waals surface area contributed by atoms with Gasteiger partial charge in [-0.3, -0.25) is 5.41 Å². The SMILES string of the molecule is CN(C)C(=N)C(=NO)[N+](=O)[O-]. The minimum absolute atomic E-state index is 0.447. The van der Waals surface area contributed by atoms with E-state index >= 15 is 0 Å². The molecule has 0 spiro atoms. The zero-order chi connectivity index (χ0) is 9.02. The highest BCUT2D eigenvalue weighted by Crippen LogP contribution is 1.86. The van der Waals surface area contributed by atoms with Crippen LogP contribution in [0.2, 0.25) is 0 Å². The fourth-order valence-electron chi connectivity index (χ4n) is 0.370. The third kappa shape index (κ3) is 2.20. The Balaban J connectivity index is 4.55. The molecule has 0 fully saturated rings. The molecule has 0 aliphatic rings. The van der Waals surface area contributed by atoms with Crippen LogP contribution in [0.1, 0.15) is 0 Å². The Labute approximate surface area is 62.6 Å². The van der Waals surface area contributed by atoms with Gasteiger partial charge in [-0.15, -0.1) is 0 Å². The van der Waals surface area contributed by atoms with Crippen molar-refractivity contribution in [2.24, 2.45) is 5.16 Å². The van der Waals surface area contributed by atoms with Crippen LogP contribution in [0, 0.1) is 15.5 Å². The Hall–Kier alpha value is -1.66. The van der Waals surface area contributed by atoms with Gasteiger partial charge in [0, 0.05) is 14.1 Å². The van der Waals surface area contributed by atoms with E-state index in [0.29, 0.717) is 0 Å². The first-order valence-electron chi connectivity index (χ1n) is 2.63. The van der Waals surface area contributed by atoms with Crippen LogP contribution in [0.4, 0.5) is 0 Å². The summed E-state index contributed by atoms with van der Waals surface area (Å²) in [6.45, 7) is 0. The summed E-state index contributed by atoms with van der Waals surface area (Å²) in [5.41, 5.74) is 0. The molecule has 0 aromatic rings. The van der Waals surface area contributed by atoms with Crippen LogP contribution < -0.4 is 0 Å². The lowest BCUT2D eigenvalue weighted by molar-refractivity contribution is -0.348. The van der Waals surface area contributed by atoms with Gasteiger partial charge in [-0.05, 0) is 4.92 Å². The van der Waals surface area contributed by atoms with Gasteiger partial charge in [0.15, 0.2) is 5.16 Å². The first-order valence-corrected chi connectivity index (χ1v) is 2.63. The molecular weight excluding hydrogens is 152 g/mol. The van der Waals surface area contributed by atoms with E-state index in [9.17, 15) is 10.1 Å². The average Bonchev–Trinajstić information content (AvgIpc) is 1.88. The second-order valence-corrected chi connectivity index (χ2v) is 1.92. The van der Waals surface area contributed by atoms with Crippen molar-refractivity contribution in [2.45, 2.75) is 0 Å². The monoisotopic (exact) mass is 160 g/mol. The predicted molar refractivity (Wildman–Crippen MR) is 37.6 cm³/mol. The van der Waals surface area contributed by atoms with E-state index in [1.165, 1.54) is 14.1 Å². The van der Waals surface area contributed by atoms with E-state index < -0.39 is 16.6 Å². The molecule has 0 aliphatic heterocycles. The molecule has 0 saturated heterocycles. The molecule has 0 radical (unpaired) electrons. The van der Waals surface area contributed by atoms with Crippen molar-refractivity contribution in [3.05, 3.63) is 10.1 Å². The zero-order valence-electron chi connectivity index (χ0n) is 6.11. The summed E-state index contributed by atoms with van der Waals surface area (Å²) in [6.07, 6.45) is 0. The summed E-state index contributed by atoms with van der Waals surface area (Å²) in [4.78, 5) is 10.3. The van der Waals surface area contributed by atoms with Gasteiger partial charge in [0.1, 0.15) is 0 Å². The van der Waals surface area contributed by atoms with E-state index in [0.717, 1.165) is 4.90 Å². The number of rotatable bonds is 0. The van der Waals surface area contributed by atoms with Gasteiger partial charge in [-0.2, -0.15) is 0 Å². The first kappa shape index (κ1) is 9.34. The Kier molecular flexibility index (Phi) is 2.97. The number of likely N-dealkylation sites (N-methyl/N-ethyl adjacent to an activating group) is 1. The Bertz CT molecular complexity index is 209. The highest BCUT2D eigenvalue weighted by atomic mass is 16.6. The van der Waals surface area contributed by atoms with Crippen molar-refractivity contribution in [3.63, 3.8) is 0 Å². The highest BCUT2D eigenvalue weighted by molar-refractivity contribution is 6.35. The number of nitrogens with one attached hydrogen (secondary N) is 1. The maximum Gasteiger partial charge on any atom is 0.451 e. The normalized spacial score (nSPS) is 10.9. The Morgan fingerprint density at radius 3 is 2.27 bits per heavy atom. The fourth-order valence-corrected chi connectivity index (χ4v) is 0.370. The molecule has 11 heavy (non-hydrogen) atoms. The minimum Gasteiger partial charge on any atom is -0.358 e. The fraction of sp³-hybridized carbons (Fsp3) is 0.500. The molecule has 0 aliphatic carbocycles. The second kappa shape index (κ2) is 3.49. The Morgan fingerprint density at radius 1 is 1.73 bits per heavy atom. The van der Waals surface area contributed by atoms with Crippen LogP contribution in [0.25, 0.3) is 0 Å². The Morgan fingerprint density at radius 2 is 2.18 bits per heavy atom. The number of oxime groups is 1. The third-order valence-electron chi connectivity index (χ3n) is 0.927. The molecule has 7 heteroatoms. The largest absolute Gasteiger partial charge is 0.451 e. The maximum absolute atomic E-state index is 10.0. The van der Waals surface area contributed by atoms with Crippen molar-refractivity contribution >= 4 is 11.7 Å². The molecule has 0 heterocycles. The van der Waals surface area contributed by atoms with E-state index in [1.807, 2.05) is 0 Å². The van der Waals surface area contributed by atoms with Gasteiger partial charge in [0.2, 0.25) is 5.84 Å². The topological polar surface area (TPSA) is 103 Å². The van der Waals surface area contributed by atoms with E-state index in [4.69, 9.17) is 10.6 Å². The van der Waals surface area contributed by atoms with Crippen LogP contribution in [0.3, 0.4) is 0 Å². The number of amidine groups is 2. The lowest BCUT2D eigenvalue weighted by atomic mass is 10.5. The maximum atomic E-state index is 10.0. The van der Waals surface area contributed by atoms with Crippen molar-refractivity contribution in [1.29, 1.82) is 5.41 Å². The molecule has 62 valence electrons. The molecule has 0 aromatic carbocycles. The van der Waals surface area contributed by atoms with E-state index in [1.54, 1.807) is 0 Å². The molecule has 2 N–H and O–H groups in total. The lowest BCUT2D eigenvalue weighted by Gasteiger charge is -2.08. The van der Waals surface area contributed by atoms with Crippen LogP contribution >= 0.6 is 0 Å². The molecule has 7 nitrogen and oxygen atoms in total. The van der Waals surface area contributed by atoms with Crippen LogP contribution in [0.15, 0.2) is 5.16 Å². The lowest BCUT2D eigenvalue weighted by Crippen LogP contribution is -2.34. The standard InChI is InChI=1S/C4H8N4O3/c1-7(2)3(5)4(6-9)8(10)11/h5,9H,1-2H3. The molecule has 0 aromatic heterocycles. The summed E-state index contributed by atoms with van der Waals surface area (Å²) >= 11 is 0. The quantitative estimate of drug-likeness (QED) is 0.165. The number of hydrogen-bond acceptors (Lipinski definition) is 5.